The first-order valence-electron chi connectivity index (χ1n) is 10.9. The topological polar surface area (TPSA) is 172 Å². The maximum atomic E-state index is 13.1. The third-order valence-corrected chi connectivity index (χ3v) is 7.86. The smallest absolute Gasteiger partial charge is 0.264 e. The zero-order chi connectivity index (χ0) is 25.3. The van der Waals surface area contributed by atoms with E-state index in [0.29, 0.717) is 34.4 Å². The Morgan fingerprint density at radius 1 is 1.11 bits per heavy atom. The van der Waals surface area contributed by atoms with E-state index in [-0.39, 0.29) is 34.5 Å². The number of carbonyl (C=O) groups excluding carboxylic acids is 1. The second-order valence-corrected chi connectivity index (χ2v) is 10.5. The number of anilines is 1. The van der Waals surface area contributed by atoms with Crippen LogP contribution in [0.4, 0.5) is 5.69 Å². The number of benzene rings is 3. The van der Waals surface area contributed by atoms with Crippen LogP contribution in [-0.2, 0) is 16.6 Å². The highest BCUT2D eigenvalue weighted by Crippen LogP contribution is 2.34. The van der Waals surface area contributed by atoms with Gasteiger partial charge in [0.05, 0.1) is 17.8 Å². The van der Waals surface area contributed by atoms with Crippen molar-refractivity contribution in [3.8, 4) is 0 Å². The number of nitrogens with one attached hydrogen (secondary N) is 4. The standard InChI is InChI=1S/C25H22N6O3S2.ClH.H2O/c26-24(27)17-8-6-16(7-9-17)14-28-25(32)21-4-1-3-18-13-19(10-11-20(18)21)30-36(33,34)23-5-2-12-31-22(23)15-29-35-31;;/h1-13,15,29-30H,14H2,(H3,26,27)(H,28,32);1H;1H2. The summed E-state index contributed by atoms with van der Waals surface area (Å²) in [5.41, 5.74) is 8.40. The third kappa shape index (κ3) is 5.78. The van der Waals surface area contributed by atoms with Crippen LogP contribution in [0.15, 0.2) is 95.8 Å². The number of allylic oxidation sites excluding steroid dienone is 2. The Labute approximate surface area is 230 Å². The number of amides is 1. The second kappa shape index (κ2) is 11.6. The summed E-state index contributed by atoms with van der Waals surface area (Å²) in [4.78, 5) is 13.1. The second-order valence-electron chi connectivity index (χ2n) is 8.08. The third-order valence-electron chi connectivity index (χ3n) is 5.69. The summed E-state index contributed by atoms with van der Waals surface area (Å²) in [6.45, 7) is 0.314. The number of halogens is 1. The molecule has 38 heavy (non-hydrogen) atoms. The van der Waals surface area contributed by atoms with Crippen molar-refractivity contribution >= 4 is 62.8 Å². The maximum absolute atomic E-state index is 13.1. The van der Waals surface area contributed by atoms with Crippen LogP contribution in [0.5, 0.6) is 0 Å². The highest BCUT2D eigenvalue weighted by atomic mass is 35.5. The summed E-state index contributed by atoms with van der Waals surface area (Å²) in [6.07, 6.45) is 6.64. The van der Waals surface area contributed by atoms with Gasteiger partial charge in [-0.05, 0) is 46.7 Å². The molecule has 0 aromatic heterocycles. The summed E-state index contributed by atoms with van der Waals surface area (Å²) < 4.78 is 33.5. The van der Waals surface area contributed by atoms with E-state index in [9.17, 15) is 13.2 Å². The molecule has 13 heteroatoms. The van der Waals surface area contributed by atoms with Crippen molar-refractivity contribution in [1.29, 1.82) is 5.41 Å². The van der Waals surface area contributed by atoms with Crippen molar-refractivity contribution in [2.24, 2.45) is 5.73 Å². The lowest BCUT2D eigenvalue weighted by molar-refractivity contribution is 0.0952. The minimum Gasteiger partial charge on any atom is -0.412 e. The lowest BCUT2D eigenvalue weighted by Crippen LogP contribution is -2.23. The first-order chi connectivity index (χ1) is 17.3. The van der Waals surface area contributed by atoms with Crippen LogP contribution in [0.1, 0.15) is 21.5 Å². The molecule has 2 aliphatic rings. The quantitative estimate of drug-likeness (QED) is 0.164. The highest BCUT2D eigenvalue weighted by molar-refractivity contribution is 7.97. The molecule has 1 amide bonds. The lowest BCUT2D eigenvalue weighted by Gasteiger charge is -2.20. The molecule has 0 atom stereocenters. The fourth-order valence-electron chi connectivity index (χ4n) is 3.90. The summed E-state index contributed by atoms with van der Waals surface area (Å²) in [7, 11) is -3.84. The molecule has 10 nitrogen and oxygen atoms in total. The Hall–Kier alpha value is -3.97. The van der Waals surface area contributed by atoms with E-state index >= 15 is 0 Å². The zero-order valence-electron chi connectivity index (χ0n) is 19.8. The number of nitrogens with zero attached hydrogens (tertiary/aromatic N) is 1. The van der Waals surface area contributed by atoms with E-state index in [1.807, 2.05) is 18.2 Å². The lowest BCUT2D eigenvalue weighted by atomic mass is 10.0. The summed E-state index contributed by atoms with van der Waals surface area (Å²) in [5, 5.41) is 11.8. The average molecular weight is 573 g/mol. The Kier molecular flexibility index (Phi) is 8.74. The van der Waals surface area contributed by atoms with Crippen LogP contribution in [0, 0.1) is 5.41 Å². The largest absolute Gasteiger partial charge is 0.412 e. The summed E-state index contributed by atoms with van der Waals surface area (Å²) >= 11 is 1.28. The molecular weight excluding hydrogens is 548 g/mol. The monoisotopic (exact) mass is 572 g/mol. The molecule has 2 heterocycles. The first kappa shape index (κ1) is 28.6. The van der Waals surface area contributed by atoms with Crippen molar-refractivity contribution in [3.05, 3.63) is 113 Å². The molecule has 0 fully saturated rings. The van der Waals surface area contributed by atoms with Crippen LogP contribution >= 0.6 is 24.5 Å². The molecule has 0 spiro atoms. The average Bonchev–Trinajstić information content (AvgIpc) is 3.36. The maximum Gasteiger partial charge on any atom is 0.264 e. The number of nitrogen functional groups attached to an aromatic ring is 1. The van der Waals surface area contributed by atoms with Gasteiger partial charge in [-0.2, -0.15) is 0 Å². The van der Waals surface area contributed by atoms with Crippen LogP contribution in [0.3, 0.4) is 0 Å². The SMILES string of the molecule is Cl.N=C(N)c1ccc(CNC(=O)c2cccc3cc(NS(=O)(=O)C4=CC=CN5SNC=C45)ccc23)cc1.O. The Morgan fingerprint density at radius 2 is 1.87 bits per heavy atom. The van der Waals surface area contributed by atoms with Gasteiger partial charge in [0.25, 0.3) is 15.9 Å². The molecule has 198 valence electrons. The molecule has 0 bridgehead atoms. The van der Waals surface area contributed by atoms with Crippen molar-refractivity contribution in [1.82, 2.24) is 14.3 Å². The fourth-order valence-corrected chi connectivity index (χ4v) is 5.85. The van der Waals surface area contributed by atoms with Crippen molar-refractivity contribution in [2.75, 3.05) is 4.72 Å². The number of carbonyl (C=O) groups is 1. The van der Waals surface area contributed by atoms with Gasteiger partial charge in [0, 0.05) is 35.8 Å². The molecule has 0 saturated carbocycles. The molecule has 0 radical (unpaired) electrons. The van der Waals surface area contributed by atoms with Gasteiger partial charge in [-0.15, -0.1) is 12.4 Å². The van der Waals surface area contributed by atoms with E-state index in [2.05, 4.69) is 14.8 Å². The Bertz CT molecular complexity index is 1590. The van der Waals surface area contributed by atoms with Crippen molar-refractivity contribution in [3.63, 3.8) is 0 Å². The summed E-state index contributed by atoms with van der Waals surface area (Å²) in [6, 6.07) is 17.5. The molecule has 0 aliphatic carbocycles. The molecule has 5 rings (SSSR count). The Morgan fingerprint density at radius 3 is 2.61 bits per heavy atom. The number of hydrogen-bond acceptors (Lipinski definition) is 7. The predicted octanol–water partition coefficient (Wildman–Crippen LogP) is 3.11. The fraction of sp³-hybridized carbons (Fsp3) is 0.0400. The van der Waals surface area contributed by atoms with Gasteiger partial charge in [-0.25, -0.2) is 8.42 Å². The minimum absolute atomic E-state index is 0. The van der Waals surface area contributed by atoms with E-state index in [4.69, 9.17) is 11.1 Å². The van der Waals surface area contributed by atoms with Crippen LogP contribution in [0.2, 0.25) is 0 Å². The van der Waals surface area contributed by atoms with Gasteiger partial charge >= 0.3 is 0 Å². The number of sulfonamides is 1. The van der Waals surface area contributed by atoms with Gasteiger partial charge in [0.15, 0.2) is 0 Å². The van der Waals surface area contributed by atoms with E-state index < -0.39 is 10.0 Å². The number of fused-ring (bicyclic) bond motifs is 2. The van der Waals surface area contributed by atoms with Gasteiger partial charge < -0.3 is 21.2 Å². The highest BCUT2D eigenvalue weighted by Gasteiger charge is 2.29. The molecule has 3 aromatic carbocycles. The predicted molar refractivity (Wildman–Crippen MR) is 154 cm³/mol. The van der Waals surface area contributed by atoms with E-state index in [0.717, 1.165) is 10.9 Å². The number of rotatable bonds is 7. The minimum atomic E-state index is -3.84. The van der Waals surface area contributed by atoms with Crippen LogP contribution in [-0.4, -0.2) is 29.9 Å². The van der Waals surface area contributed by atoms with E-state index in [1.54, 1.807) is 71.3 Å². The van der Waals surface area contributed by atoms with Gasteiger partial charge in [0.2, 0.25) is 0 Å². The molecule has 2 aliphatic heterocycles. The van der Waals surface area contributed by atoms with E-state index in [1.165, 1.54) is 12.1 Å². The zero-order valence-corrected chi connectivity index (χ0v) is 22.2. The van der Waals surface area contributed by atoms with Crippen LogP contribution in [0.25, 0.3) is 10.8 Å². The first-order valence-corrected chi connectivity index (χ1v) is 13.2. The molecule has 0 saturated heterocycles. The van der Waals surface area contributed by atoms with Crippen LogP contribution < -0.4 is 20.5 Å². The number of hydrogen-bond donors (Lipinski definition) is 5. The van der Waals surface area contributed by atoms with Crippen molar-refractivity contribution in [2.45, 2.75) is 6.54 Å². The Balaban J connectivity index is 0.00000200. The summed E-state index contributed by atoms with van der Waals surface area (Å²) in [5.74, 6) is -0.258. The number of amidine groups is 1. The van der Waals surface area contributed by atoms with Crippen molar-refractivity contribution < 1.29 is 18.7 Å². The van der Waals surface area contributed by atoms with Gasteiger partial charge in [0.1, 0.15) is 10.7 Å². The molecular formula is C25H25ClN6O4S2. The van der Waals surface area contributed by atoms with Gasteiger partial charge in [-0.3, -0.25) is 19.2 Å². The number of nitrogens with two attached hydrogens (primary N) is 1. The molecule has 8 N–H and O–H groups in total. The van der Waals surface area contributed by atoms with Gasteiger partial charge in [-0.1, -0.05) is 42.5 Å². The molecule has 0 unspecified atom stereocenters. The molecule has 3 aromatic rings. The normalized spacial score (nSPS) is 13.7.